The number of carbonyl (C=O) groups is 2. The number of carboxylic acid groups (broad SMARTS) is 1. The summed E-state index contributed by atoms with van der Waals surface area (Å²) in [7, 11) is 0. The normalized spacial score (nSPS) is 20.7. The van der Waals surface area contributed by atoms with Crippen molar-refractivity contribution in [3.05, 3.63) is 0 Å². The lowest BCUT2D eigenvalue weighted by molar-refractivity contribution is -0.151. The summed E-state index contributed by atoms with van der Waals surface area (Å²) in [4.78, 5) is 21.1. The lowest BCUT2D eigenvalue weighted by atomic mass is 9.92. The molecule has 5 nitrogen and oxygen atoms in total. The van der Waals surface area contributed by atoms with Gasteiger partial charge in [0.2, 0.25) is 0 Å². The van der Waals surface area contributed by atoms with Crippen LogP contribution in [0, 0.1) is 0 Å². The Morgan fingerprint density at radius 2 is 1.92 bits per heavy atom. The van der Waals surface area contributed by atoms with Gasteiger partial charge >= 0.3 is 11.9 Å². The highest BCUT2D eigenvalue weighted by Gasteiger charge is 2.30. The number of ether oxygens (including phenoxy) is 1. The van der Waals surface area contributed by atoms with Crippen LogP contribution in [0.4, 0.5) is 0 Å². The molecule has 13 heavy (non-hydrogen) atoms. The first-order valence-electron chi connectivity index (χ1n) is 4.17. The molecule has 0 atom stereocenters. The van der Waals surface area contributed by atoms with Crippen molar-refractivity contribution in [1.82, 2.24) is 5.32 Å². The zero-order valence-corrected chi connectivity index (χ0v) is 7.50. The van der Waals surface area contributed by atoms with Crippen LogP contribution in [0.15, 0.2) is 0 Å². The second-order valence-corrected chi connectivity index (χ2v) is 3.43. The number of aliphatic carboxylic acids is 1. The van der Waals surface area contributed by atoms with Crippen LogP contribution >= 0.6 is 0 Å². The maximum Gasteiger partial charge on any atom is 0.394 e. The summed E-state index contributed by atoms with van der Waals surface area (Å²) in [5.41, 5.74) is -0.423. The summed E-state index contributed by atoms with van der Waals surface area (Å²) in [5, 5.41) is 10.9. The fourth-order valence-electron chi connectivity index (χ4n) is 1.27. The van der Waals surface area contributed by atoms with E-state index in [4.69, 9.17) is 9.84 Å². The highest BCUT2D eigenvalue weighted by Crippen LogP contribution is 2.19. The monoisotopic (exact) mass is 187 g/mol. The molecule has 0 bridgehead atoms. The number of hydrogen-bond donors (Lipinski definition) is 2. The Morgan fingerprint density at radius 1 is 1.38 bits per heavy atom. The SMILES string of the molecule is CC1(NC(=O)C(=O)O)CCOCC1. The number of carboxylic acids is 1. The smallest absolute Gasteiger partial charge is 0.394 e. The van der Waals surface area contributed by atoms with Crippen molar-refractivity contribution in [3.63, 3.8) is 0 Å². The molecule has 0 aromatic heterocycles. The highest BCUT2D eigenvalue weighted by molar-refractivity contribution is 6.31. The van der Waals surface area contributed by atoms with Gasteiger partial charge in [0.1, 0.15) is 0 Å². The topological polar surface area (TPSA) is 75.6 Å². The lowest BCUT2D eigenvalue weighted by Gasteiger charge is -2.33. The van der Waals surface area contributed by atoms with Gasteiger partial charge in [0.05, 0.1) is 0 Å². The van der Waals surface area contributed by atoms with Gasteiger partial charge < -0.3 is 15.2 Å². The van der Waals surface area contributed by atoms with Gasteiger partial charge in [-0.05, 0) is 19.8 Å². The fraction of sp³-hybridized carbons (Fsp3) is 0.750. The minimum Gasteiger partial charge on any atom is -0.474 e. The average Bonchev–Trinajstić information content (AvgIpc) is 2.04. The van der Waals surface area contributed by atoms with Crippen LogP contribution in [-0.4, -0.2) is 35.7 Å². The van der Waals surface area contributed by atoms with Gasteiger partial charge in [-0.2, -0.15) is 0 Å². The molecule has 0 radical (unpaired) electrons. The first-order valence-corrected chi connectivity index (χ1v) is 4.17. The second kappa shape index (κ2) is 3.74. The van der Waals surface area contributed by atoms with Crippen LogP contribution in [-0.2, 0) is 14.3 Å². The third-order valence-electron chi connectivity index (χ3n) is 2.21. The van der Waals surface area contributed by atoms with E-state index in [0.717, 1.165) is 0 Å². The Bertz CT molecular complexity index is 220. The molecule has 0 spiro atoms. The van der Waals surface area contributed by atoms with Gasteiger partial charge in [-0.25, -0.2) is 4.79 Å². The van der Waals surface area contributed by atoms with E-state index >= 15 is 0 Å². The van der Waals surface area contributed by atoms with E-state index in [1.165, 1.54) is 0 Å². The van der Waals surface area contributed by atoms with Crippen molar-refractivity contribution in [2.24, 2.45) is 0 Å². The zero-order chi connectivity index (χ0) is 9.90. The van der Waals surface area contributed by atoms with E-state index in [1.54, 1.807) is 0 Å². The molecule has 0 aliphatic carbocycles. The summed E-state index contributed by atoms with van der Waals surface area (Å²) in [5.74, 6) is -2.38. The third-order valence-corrected chi connectivity index (χ3v) is 2.21. The van der Waals surface area contributed by atoms with E-state index in [9.17, 15) is 9.59 Å². The molecule has 1 aliphatic rings. The highest BCUT2D eigenvalue weighted by atomic mass is 16.5. The largest absolute Gasteiger partial charge is 0.474 e. The van der Waals surface area contributed by atoms with E-state index in [-0.39, 0.29) is 0 Å². The predicted molar refractivity (Wildman–Crippen MR) is 44.2 cm³/mol. The van der Waals surface area contributed by atoms with E-state index in [1.807, 2.05) is 6.92 Å². The molecule has 1 fully saturated rings. The molecule has 1 amide bonds. The van der Waals surface area contributed by atoms with Crippen LogP contribution in [0.1, 0.15) is 19.8 Å². The molecule has 5 heteroatoms. The van der Waals surface area contributed by atoms with Gasteiger partial charge in [-0.1, -0.05) is 0 Å². The minimum atomic E-state index is -1.44. The maximum absolute atomic E-state index is 10.9. The summed E-state index contributed by atoms with van der Waals surface area (Å²) in [6.45, 7) is 2.96. The molecule has 1 rings (SSSR count). The Hall–Kier alpha value is -1.10. The summed E-state index contributed by atoms with van der Waals surface area (Å²) >= 11 is 0. The molecule has 0 unspecified atom stereocenters. The Morgan fingerprint density at radius 3 is 2.38 bits per heavy atom. The summed E-state index contributed by atoms with van der Waals surface area (Å²) in [6, 6.07) is 0. The van der Waals surface area contributed by atoms with Gasteiger partial charge in [0.25, 0.3) is 0 Å². The predicted octanol–water partition coefficient (Wildman–Crippen LogP) is -0.244. The van der Waals surface area contributed by atoms with Crippen LogP contribution in [0.2, 0.25) is 0 Å². The zero-order valence-electron chi connectivity index (χ0n) is 7.50. The Kier molecular flexibility index (Phi) is 2.87. The summed E-state index contributed by atoms with van der Waals surface area (Å²) < 4.78 is 5.11. The van der Waals surface area contributed by atoms with Gasteiger partial charge in [-0.3, -0.25) is 4.79 Å². The number of carbonyl (C=O) groups excluding carboxylic acids is 1. The van der Waals surface area contributed by atoms with Crippen molar-refractivity contribution in [3.8, 4) is 0 Å². The lowest BCUT2D eigenvalue weighted by Crippen LogP contribution is -2.51. The van der Waals surface area contributed by atoms with Crippen LogP contribution in [0.3, 0.4) is 0 Å². The third kappa shape index (κ3) is 2.69. The average molecular weight is 187 g/mol. The Balaban J connectivity index is 2.50. The van der Waals surface area contributed by atoms with Crippen molar-refractivity contribution in [2.45, 2.75) is 25.3 Å². The first kappa shape index (κ1) is 9.98. The second-order valence-electron chi connectivity index (χ2n) is 3.43. The van der Waals surface area contributed by atoms with Gasteiger partial charge in [0.15, 0.2) is 0 Å². The van der Waals surface area contributed by atoms with Gasteiger partial charge in [0, 0.05) is 18.8 Å². The van der Waals surface area contributed by atoms with E-state index in [0.29, 0.717) is 26.1 Å². The number of nitrogens with one attached hydrogen (secondary N) is 1. The van der Waals surface area contributed by atoms with Gasteiger partial charge in [-0.15, -0.1) is 0 Å². The molecular formula is C8H13NO4. The van der Waals surface area contributed by atoms with Crippen molar-refractivity contribution in [2.75, 3.05) is 13.2 Å². The number of rotatable bonds is 1. The van der Waals surface area contributed by atoms with E-state index < -0.39 is 17.4 Å². The van der Waals surface area contributed by atoms with Crippen LogP contribution in [0.5, 0.6) is 0 Å². The fourth-order valence-corrected chi connectivity index (χ4v) is 1.27. The molecule has 1 heterocycles. The number of amides is 1. The molecule has 0 aromatic carbocycles. The van der Waals surface area contributed by atoms with Crippen molar-refractivity contribution < 1.29 is 19.4 Å². The molecule has 1 aliphatic heterocycles. The molecule has 0 aromatic rings. The molecular weight excluding hydrogens is 174 g/mol. The quantitative estimate of drug-likeness (QED) is 0.555. The van der Waals surface area contributed by atoms with Crippen LogP contribution < -0.4 is 5.32 Å². The van der Waals surface area contributed by atoms with Crippen LogP contribution in [0.25, 0.3) is 0 Å². The molecule has 2 N–H and O–H groups in total. The standard InChI is InChI=1S/C8H13NO4/c1-8(2-4-13-5-3-8)9-6(10)7(11)12/h2-5H2,1H3,(H,9,10)(H,11,12). The van der Waals surface area contributed by atoms with Crippen molar-refractivity contribution >= 4 is 11.9 Å². The first-order chi connectivity index (χ1) is 6.03. The maximum atomic E-state index is 10.9. The molecule has 74 valence electrons. The van der Waals surface area contributed by atoms with E-state index in [2.05, 4.69) is 5.32 Å². The Labute approximate surface area is 76.1 Å². The molecule has 0 saturated carbocycles. The number of hydrogen-bond acceptors (Lipinski definition) is 3. The van der Waals surface area contributed by atoms with Crippen molar-refractivity contribution in [1.29, 1.82) is 0 Å². The minimum absolute atomic E-state index is 0.423. The summed E-state index contributed by atoms with van der Waals surface area (Å²) in [6.07, 6.45) is 1.32. The molecule has 1 saturated heterocycles.